The van der Waals surface area contributed by atoms with Gasteiger partial charge in [0, 0.05) is 12.2 Å². The summed E-state index contributed by atoms with van der Waals surface area (Å²) in [7, 11) is 0. The highest BCUT2D eigenvalue weighted by molar-refractivity contribution is 5.99. The molecule has 90 valence electrons. The standard InChI is InChI=1S/C13H16N2O2/c1-8-13(14-4-5-17-8)9-2-3-11-10(6-9)7-12(16)15-11/h2-3,6,8,13-14H,4-5,7H2,1H3,(H,15,16). The maximum atomic E-state index is 11.3. The van der Waals surface area contributed by atoms with E-state index in [-0.39, 0.29) is 18.1 Å². The van der Waals surface area contributed by atoms with Gasteiger partial charge in [0.2, 0.25) is 5.91 Å². The maximum absolute atomic E-state index is 11.3. The number of hydrogen-bond donors (Lipinski definition) is 2. The summed E-state index contributed by atoms with van der Waals surface area (Å²) < 4.78 is 5.64. The average molecular weight is 232 g/mol. The minimum atomic E-state index is 0.0815. The van der Waals surface area contributed by atoms with Gasteiger partial charge in [-0.1, -0.05) is 12.1 Å². The van der Waals surface area contributed by atoms with Crippen LogP contribution in [0.2, 0.25) is 0 Å². The second-order valence-electron chi connectivity index (χ2n) is 4.65. The molecule has 4 heteroatoms. The minimum absolute atomic E-state index is 0.0815. The zero-order valence-corrected chi connectivity index (χ0v) is 9.82. The van der Waals surface area contributed by atoms with E-state index >= 15 is 0 Å². The first-order valence-corrected chi connectivity index (χ1v) is 6.02. The molecule has 1 fully saturated rings. The van der Waals surface area contributed by atoms with Crippen LogP contribution in [0.15, 0.2) is 18.2 Å². The highest BCUT2D eigenvalue weighted by Crippen LogP contribution is 2.29. The Morgan fingerprint density at radius 3 is 3.12 bits per heavy atom. The highest BCUT2D eigenvalue weighted by Gasteiger charge is 2.25. The molecule has 1 aromatic rings. The second kappa shape index (κ2) is 4.13. The number of morpholine rings is 1. The largest absolute Gasteiger partial charge is 0.375 e. The zero-order chi connectivity index (χ0) is 11.8. The SMILES string of the molecule is CC1OCCNC1c1ccc2c(c1)CC(=O)N2. The van der Waals surface area contributed by atoms with Gasteiger partial charge < -0.3 is 15.4 Å². The zero-order valence-electron chi connectivity index (χ0n) is 9.82. The summed E-state index contributed by atoms with van der Waals surface area (Å²) in [6.45, 7) is 3.72. The average Bonchev–Trinajstić information content (AvgIpc) is 2.68. The topological polar surface area (TPSA) is 50.4 Å². The quantitative estimate of drug-likeness (QED) is 0.765. The minimum Gasteiger partial charge on any atom is -0.375 e. The number of rotatable bonds is 1. The number of anilines is 1. The van der Waals surface area contributed by atoms with Crippen molar-refractivity contribution < 1.29 is 9.53 Å². The molecular weight excluding hydrogens is 216 g/mol. The fourth-order valence-corrected chi connectivity index (χ4v) is 2.55. The van der Waals surface area contributed by atoms with Crippen LogP contribution in [-0.4, -0.2) is 25.2 Å². The van der Waals surface area contributed by atoms with Crippen LogP contribution >= 0.6 is 0 Å². The molecule has 2 atom stereocenters. The Balaban J connectivity index is 1.89. The van der Waals surface area contributed by atoms with E-state index in [9.17, 15) is 4.79 Å². The summed E-state index contributed by atoms with van der Waals surface area (Å²) in [4.78, 5) is 11.3. The van der Waals surface area contributed by atoms with Crippen molar-refractivity contribution in [3.63, 3.8) is 0 Å². The van der Waals surface area contributed by atoms with E-state index in [2.05, 4.69) is 29.7 Å². The van der Waals surface area contributed by atoms with Crippen LogP contribution in [-0.2, 0) is 16.0 Å². The normalized spacial score (nSPS) is 27.7. The number of fused-ring (bicyclic) bond motifs is 1. The molecule has 4 nitrogen and oxygen atoms in total. The van der Waals surface area contributed by atoms with Crippen molar-refractivity contribution in [2.75, 3.05) is 18.5 Å². The molecule has 1 saturated heterocycles. The Morgan fingerprint density at radius 2 is 2.29 bits per heavy atom. The van der Waals surface area contributed by atoms with Crippen molar-refractivity contribution in [2.24, 2.45) is 0 Å². The van der Waals surface area contributed by atoms with Crippen LogP contribution in [0.4, 0.5) is 5.69 Å². The van der Waals surface area contributed by atoms with Crippen molar-refractivity contribution in [3.8, 4) is 0 Å². The molecule has 0 saturated carbocycles. The Kier molecular flexibility index (Phi) is 2.61. The molecule has 0 aromatic heterocycles. The van der Waals surface area contributed by atoms with Crippen LogP contribution in [0.3, 0.4) is 0 Å². The molecule has 2 heterocycles. The Morgan fingerprint density at radius 1 is 1.41 bits per heavy atom. The molecule has 0 aliphatic carbocycles. The van der Waals surface area contributed by atoms with Gasteiger partial charge in [0.15, 0.2) is 0 Å². The number of ether oxygens (including phenoxy) is 1. The first-order valence-electron chi connectivity index (χ1n) is 6.02. The Hall–Kier alpha value is -1.39. The second-order valence-corrected chi connectivity index (χ2v) is 4.65. The Labute approximate surface area is 100 Å². The predicted molar refractivity (Wildman–Crippen MR) is 64.9 cm³/mol. The van der Waals surface area contributed by atoms with Gasteiger partial charge in [0.1, 0.15) is 0 Å². The van der Waals surface area contributed by atoms with E-state index in [0.717, 1.165) is 24.4 Å². The van der Waals surface area contributed by atoms with Gasteiger partial charge in [0.05, 0.1) is 25.2 Å². The van der Waals surface area contributed by atoms with Crippen molar-refractivity contribution in [3.05, 3.63) is 29.3 Å². The number of carbonyl (C=O) groups is 1. The number of benzene rings is 1. The van der Waals surface area contributed by atoms with Crippen LogP contribution in [0.5, 0.6) is 0 Å². The molecule has 17 heavy (non-hydrogen) atoms. The summed E-state index contributed by atoms with van der Waals surface area (Å²) >= 11 is 0. The van der Waals surface area contributed by atoms with Gasteiger partial charge in [-0.15, -0.1) is 0 Å². The first-order chi connectivity index (χ1) is 8.24. The number of carbonyl (C=O) groups excluding carboxylic acids is 1. The van der Waals surface area contributed by atoms with Crippen LogP contribution in [0.25, 0.3) is 0 Å². The molecule has 0 spiro atoms. The van der Waals surface area contributed by atoms with E-state index < -0.39 is 0 Å². The number of amides is 1. The third-order valence-corrected chi connectivity index (χ3v) is 3.43. The smallest absolute Gasteiger partial charge is 0.228 e. The molecular formula is C13H16N2O2. The molecule has 1 amide bonds. The van der Waals surface area contributed by atoms with Crippen molar-refractivity contribution in [2.45, 2.75) is 25.5 Å². The van der Waals surface area contributed by atoms with Gasteiger partial charge in [-0.25, -0.2) is 0 Å². The van der Waals surface area contributed by atoms with Gasteiger partial charge in [-0.2, -0.15) is 0 Å². The first kappa shape index (κ1) is 10.7. The number of hydrogen-bond acceptors (Lipinski definition) is 3. The van der Waals surface area contributed by atoms with E-state index in [1.807, 2.05) is 6.07 Å². The van der Waals surface area contributed by atoms with E-state index in [0.29, 0.717) is 6.42 Å². The molecule has 2 aliphatic rings. The summed E-state index contributed by atoms with van der Waals surface area (Å²) in [5.41, 5.74) is 3.24. The molecule has 2 N–H and O–H groups in total. The van der Waals surface area contributed by atoms with Gasteiger partial charge in [-0.3, -0.25) is 4.79 Å². The lowest BCUT2D eigenvalue weighted by Crippen LogP contribution is -2.40. The molecule has 0 radical (unpaired) electrons. The monoisotopic (exact) mass is 232 g/mol. The lowest BCUT2D eigenvalue weighted by Gasteiger charge is -2.31. The maximum Gasteiger partial charge on any atom is 0.228 e. The predicted octanol–water partition coefficient (Wildman–Crippen LogP) is 1.23. The highest BCUT2D eigenvalue weighted by atomic mass is 16.5. The van der Waals surface area contributed by atoms with E-state index in [4.69, 9.17) is 4.74 Å². The lowest BCUT2D eigenvalue weighted by molar-refractivity contribution is -0.115. The fraction of sp³-hybridized carbons (Fsp3) is 0.462. The Bertz CT molecular complexity index is 459. The van der Waals surface area contributed by atoms with Gasteiger partial charge in [-0.05, 0) is 24.1 Å². The van der Waals surface area contributed by atoms with Crippen LogP contribution in [0.1, 0.15) is 24.1 Å². The molecule has 2 unspecified atom stereocenters. The summed E-state index contributed by atoms with van der Waals surface area (Å²) in [5, 5.41) is 6.31. The van der Waals surface area contributed by atoms with Gasteiger partial charge >= 0.3 is 0 Å². The third-order valence-electron chi connectivity index (χ3n) is 3.43. The van der Waals surface area contributed by atoms with E-state index in [1.54, 1.807) is 0 Å². The molecule has 0 bridgehead atoms. The lowest BCUT2D eigenvalue weighted by atomic mass is 9.98. The summed E-state index contributed by atoms with van der Waals surface area (Å²) in [6, 6.07) is 6.38. The van der Waals surface area contributed by atoms with Crippen LogP contribution < -0.4 is 10.6 Å². The number of nitrogens with one attached hydrogen (secondary N) is 2. The molecule has 2 aliphatic heterocycles. The summed E-state index contributed by atoms with van der Waals surface area (Å²) in [5.74, 6) is 0.0815. The van der Waals surface area contributed by atoms with Crippen molar-refractivity contribution in [1.82, 2.24) is 5.32 Å². The van der Waals surface area contributed by atoms with Crippen molar-refractivity contribution in [1.29, 1.82) is 0 Å². The van der Waals surface area contributed by atoms with E-state index in [1.165, 1.54) is 5.56 Å². The van der Waals surface area contributed by atoms with Crippen molar-refractivity contribution >= 4 is 11.6 Å². The third kappa shape index (κ3) is 1.94. The fourth-order valence-electron chi connectivity index (χ4n) is 2.55. The summed E-state index contributed by atoms with van der Waals surface area (Å²) in [6.07, 6.45) is 0.664. The van der Waals surface area contributed by atoms with Crippen LogP contribution in [0, 0.1) is 0 Å². The molecule has 1 aromatic carbocycles. The molecule has 3 rings (SSSR count). The van der Waals surface area contributed by atoms with Gasteiger partial charge in [0.25, 0.3) is 0 Å².